The van der Waals surface area contributed by atoms with E-state index >= 15 is 0 Å². The van der Waals surface area contributed by atoms with Gasteiger partial charge in [0.05, 0.1) is 12.8 Å². The van der Waals surface area contributed by atoms with Crippen LogP contribution in [0.2, 0.25) is 0 Å². The molecule has 20 heavy (non-hydrogen) atoms. The number of anilines is 1. The van der Waals surface area contributed by atoms with Crippen molar-refractivity contribution in [2.75, 3.05) is 12.8 Å². The summed E-state index contributed by atoms with van der Waals surface area (Å²) in [6, 6.07) is 8.21. The number of rotatable bonds is 2. The van der Waals surface area contributed by atoms with E-state index in [1.165, 1.54) is 18.2 Å². The van der Waals surface area contributed by atoms with Gasteiger partial charge in [0.1, 0.15) is 17.2 Å². The number of esters is 1. The number of carbonyl (C=O) groups excluding carboxylic acids is 1. The van der Waals surface area contributed by atoms with E-state index in [0.29, 0.717) is 11.5 Å². The number of nitrogen functional groups attached to an aromatic ring is 1. The minimum absolute atomic E-state index is 0.166. The van der Waals surface area contributed by atoms with Crippen molar-refractivity contribution in [2.24, 2.45) is 0 Å². The predicted octanol–water partition coefficient (Wildman–Crippen LogP) is 1.84. The fourth-order valence-corrected chi connectivity index (χ4v) is 2.62. The second kappa shape index (κ2) is 4.59. The van der Waals surface area contributed by atoms with Crippen LogP contribution >= 0.6 is 0 Å². The molecule has 102 valence electrons. The van der Waals surface area contributed by atoms with Crippen LogP contribution in [-0.4, -0.2) is 23.0 Å². The van der Waals surface area contributed by atoms with Crippen LogP contribution < -0.4 is 5.73 Å². The molecule has 1 aliphatic rings. The Balaban J connectivity index is 2.00. The smallest absolute Gasteiger partial charge is 0.343 e. The van der Waals surface area contributed by atoms with Crippen molar-refractivity contribution in [3.05, 3.63) is 52.5 Å². The Kier molecular flexibility index (Phi) is 2.89. The molecular formula is C15H15N3O2. The molecule has 0 saturated heterocycles. The van der Waals surface area contributed by atoms with Gasteiger partial charge >= 0.3 is 5.97 Å². The standard InChI is InChI=1S/C15H15N3O2/c1-8-12(15(19)20-2)13(16)18-14(17-8)11-7-9-5-3-4-6-10(9)11/h3-6,11H,7H2,1-2H3,(H2,16,17,18). The molecule has 2 N–H and O–H groups in total. The summed E-state index contributed by atoms with van der Waals surface area (Å²) in [5, 5.41) is 0. The minimum atomic E-state index is -0.499. The number of nitrogens with zero attached hydrogens (tertiary/aromatic N) is 2. The highest BCUT2D eigenvalue weighted by Crippen LogP contribution is 2.38. The summed E-state index contributed by atoms with van der Waals surface area (Å²) in [6.45, 7) is 1.75. The molecule has 1 heterocycles. The highest BCUT2D eigenvalue weighted by molar-refractivity contribution is 5.95. The van der Waals surface area contributed by atoms with Gasteiger partial charge in [0.2, 0.25) is 0 Å². The maximum Gasteiger partial charge on any atom is 0.343 e. The van der Waals surface area contributed by atoms with Crippen LogP contribution in [0.15, 0.2) is 24.3 Å². The number of fused-ring (bicyclic) bond motifs is 1. The van der Waals surface area contributed by atoms with Gasteiger partial charge < -0.3 is 10.5 Å². The highest BCUT2D eigenvalue weighted by Gasteiger charge is 2.30. The summed E-state index contributed by atoms with van der Waals surface area (Å²) in [6.07, 6.45) is 0.909. The second-order valence-corrected chi connectivity index (χ2v) is 4.87. The Bertz CT molecular complexity index is 674. The average molecular weight is 269 g/mol. The van der Waals surface area contributed by atoms with Crippen LogP contribution in [0, 0.1) is 6.92 Å². The van der Waals surface area contributed by atoms with Gasteiger partial charge in [-0.1, -0.05) is 24.3 Å². The number of hydrogen-bond acceptors (Lipinski definition) is 5. The molecule has 3 rings (SSSR count). The fraction of sp³-hybridized carbons (Fsp3) is 0.267. The molecule has 0 aliphatic heterocycles. The molecule has 0 amide bonds. The van der Waals surface area contributed by atoms with Gasteiger partial charge in [-0.05, 0) is 24.5 Å². The molecule has 0 spiro atoms. The van der Waals surface area contributed by atoms with Gasteiger partial charge in [0.15, 0.2) is 0 Å². The number of methoxy groups -OCH3 is 1. The van der Waals surface area contributed by atoms with Gasteiger partial charge in [-0.3, -0.25) is 0 Å². The predicted molar refractivity (Wildman–Crippen MR) is 74.5 cm³/mol. The zero-order chi connectivity index (χ0) is 14.3. The molecule has 0 bridgehead atoms. The van der Waals surface area contributed by atoms with Crippen molar-refractivity contribution in [1.29, 1.82) is 0 Å². The average Bonchev–Trinajstić information content (AvgIpc) is 2.39. The first-order valence-electron chi connectivity index (χ1n) is 6.42. The monoisotopic (exact) mass is 269 g/mol. The van der Waals surface area contributed by atoms with Crippen LogP contribution in [-0.2, 0) is 11.2 Å². The van der Waals surface area contributed by atoms with E-state index in [4.69, 9.17) is 10.5 Å². The number of ether oxygens (including phenoxy) is 1. The lowest BCUT2D eigenvalue weighted by Gasteiger charge is -2.29. The van der Waals surface area contributed by atoms with Crippen LogP contribution in [0.5, 0.6) is 0 Å². The van der Waals surface area contributed by atoms with Crippen LogP contribution in [0.1, 0.15) is 38.9 Å². The third-order valence-corrected chi connectivity index (χ3v) is 3.69. The third-order valence-electron chi connectivity index (χ3n) is 3.69. The van der Waals surface area contributed by atoms with E-state index in [-0.39, 0.29) is 17.3 Å². The van der Waals surface area contributed by atoms with Gasteiger partial charge in [-0.25, -0.2) is 14.8 Å². The molecule has 0 fully saturated rings. The Morgan fingerprint density at radius 2 is 2.10 bits per heavy atom. The Hall–Kier alpha value is -2.43. The van der Waals surface area contributed by atoms with E-state index in [2.05, 4.69) is 22.1 Å². The largest absolute Gasteiger partial charge is 0.465 e. The van der Waals surface area contributed by atoms with E-state index < -0.39 is 5.97 Å². The first kappa shape index (κ1) is 12.6. The topological polar surface area (TPSA) is 78.1 Å². The molecule has 0 saturated carbocycles. The zero-order valence-electron chi connectivity index (χ0n) is 11.4. The third kappa shape index (κ3) is 1.82. The summed E-state index contributed by atoms with van der Waals surface area (Å²) in [7, 11) is 1.32. The Labute approximate surface area is 116 Å². The maximum absolute atomic E-state index is 11.6. The number of aromatic nitrogens is 2. The number of benzene rings is 1. The quantitative estimate of drug-likeness (QED) is 0.842. The lowest BCUT2D eigenvalue weighted by atomic mass is 9.77. The molecule has 1 aromatic heterocycles. The molecule has 1 aromatic carbocycles. The minimum Gasteiger partial charge on any atom is -0.465 e. The molecule has 5 heteroatoms. The van der Waals surface area contributed by atoms with E-state index in [9.17, 15) is 4.79 Å². The summed E-state index contributed by atoms with van der Waals surface area (Å²) in [5.74, 6) is 0.523. The first-order chi connectivity index (χ1) is 9.61. The molecule has 0 radical (unpaired) electrons. The summed E-state index contributed by atoms with van der Waals surface area (Å²) in [4.78, 5) is 20.4. The van der Waals surface area contributed by atoms with Crippen molar-refractivity contribution in [2.45, 2.75) is 19.3 Å². The lowest BCUT2D eigenvalue weighted by Crippen LogP contribution is -2.22. The zero-order valence-corrected chi connectivity index (χ0v) is 11.4. The molecule has 1 atom stereocenters. The van der Waals surface area contributed by atoms with E-state index in [1.54, 1.807) is 6.92 Å². The van der Waals surface area contributed by atoms with Crippen LogP contribution in [0.4, 0.5) is 5.82 Å². The van der Waals surface area contributed by atoms with Gasteiger partial charge in [0, 0.05) is 5.92 Å². The number of nitrogens with two attached hydrogens (primary N) is 1. The lowest BCUT2D eigenvalue weighted by molar-refractivity contribution is 0.0600. The fourth-order valence-electron chi connectivity index (χ4n) is 2.62. The first-order valence-corrected chi connectivity index (χ1v) is 6.42. The van der Waals surface area contributed by atoms with Crippen LogP contribution in [0.3, 0.4) is 0 Å². The van der Waals surface area contributed by atoms with Crippen molar-refractivity contribution in [1.82, 2.24) is 9.97 Å². The summed E-state index contributed by atoms with van der Waals surface area (Å²) < 4.78 is 4.70. The van der Waals surface area contributed by atoms with Crippen LogP contribution in [0.25, 0.3) is 0 Å². The van der Waals surface area contributed by atoms with Gasteiger partial charge in [0.25, 0.3) is 0 Å². The number of hydrogen-bond donors (Lipinski definition) is 1. The van der Waals surface area contributed by atoms with Crippen molar-refractivity contribution < 1.29 is 9.53 Å². The Morgan fingerprint density at radius 3 is 2.75 bits per heavy atom. The highest BCUT2D eigenvalue weighted by atomic mass is 16.5. The van der Waals surface area contributed by atoms with E-state index in [0.717, 1.165) is 6.42 Å². The summed E-state index contributed by atoms with van der Waals surface area (Å²) >= 11 is 0. The normalized spacial score (nSPS) is 16.2. The summed E-state index contributed by atoms with van der Waals surface area (Å²) in [5.41, 5.74) is 9.24. The van der Waals surface area contributed by atoms with Crippen molar-refractivity contribution in [3.8, 4) is 0 Å². The maximum atomic E-state index is 11.6. The molecule has 5 nitrogen and oxygen atoms in total. The molecule has 2 aromatic rings. The van der Waals surface area contributed by atoms with Crippen molar-refractivity contribution >= 4 is 11.8 Å². The van der Waals surface area contributed by atoms with Crippen molar-refractivity contribution in [3.63, 3.8) is 0 Å². The number of carbonyl (C=O) groups is 1. The molecule has 1 aliphatic carbocycles. The van der Waals surface area contributed by atoms with Gasteiger partial charge in [-0.2, -0.15) is 0 Å². The second-order valence-electron chi connectivity index (χ2n) is 4.87. The van der Waals surface area contributed by atoms with E-state index in [1.807, 2.05) is 12.1 Å². The van der Waals surface area contributed by atoms with Gasteiger partial charge in [-0.15, -0.1) is 0 Å². The number of aryl methyl sites for hydroxylation is 1. The Morgan fingerprint density at radius 1 is 1.35 bits per heavy atom. The molecule has 1 unspecified atom stereocenters. The SMILES string of the molecule is COC(=O)c1c(C)nc(C2Cc3ccccc32)nc1N. The molecular weight excluding hydrogens is 254 g/mol.